The molecule has 0 atom stereocenters. The van der Waals surface area contributed by atoms with E-state index in [9.17, 15) is 4.39 Å². The van der Waals surface area contributed by atoms with Crippen molar-refractivity contribution < 1.29 is 9.13 Å². The Kier molecular flexibility index (Phi) is 7.12. The first kappa shape index (κ1) is 21.0. The van der Waals surface area contributed by atoms with Crippen LogP contribution in [0.2, 0.25) is 5.02 Å². The van der Waals surface area contributed by atoms with Gasteiger partial charge in [0.25, 0.3) is 0 Å². The minimum absolute atomic E-state index is 0.264. The number of benzene rings is 2. The van der Waals surface area contributed by atoms with Crippen molar-refractivity contribution in [3.05, 3.63) is 71.1 Å². The van der Waals surface area contributed by atoms with Crippen LogP contribution < -0.4 is 5.32 Å². The quantitative estimate of drug-likeness (QED) is 0.547. The lowest BCUT2D eigenvalue weighted by atomic mass is 10.1. The first-order valence-corrected chi connectivity index (χ1v) is 10.7. The van der Waals surface area contributed by atoms with Gasteiger partial charge in [0.1, 0.15) is 5.82 Å². The van der Waals surface area contributed by atoms with Crippen molar-refractivity contribution in [3.8, 4) is 16.9 Å². The van der Waals surface area contributed by atoms with Gasteiger partial charge in [-0.05, 0) is 49.8 Å². The Bertz CT molecular complexity index is 954. The molecule has 0 unspecified atom stereocenters. The summed E-state index contributed by atoms with van der Waals surface area (Å²) in [7, 11) is 0. The highest BCUT2D eigenvalue weighted by Gasteiger charge is 2.15. The smallest absolute Gasteiger partial charge is 0.123 e. The molecule has 1 fully saturated rings. The lowest BCUT2D eigenvalue weighted by molar-refractivity contribution is 0.0374. The normalized spacial score (nSPS) is 14.9. The maximum atomic E-state index is 13.3. The summed E-state index contributed by atoms with van der Waals surface area (Å²) in [6.45, 7) is 6.37. The van der Waals surface area contributed by atoms with Crippen LogP contribution in [-0.4, -0.2) is 54.1 Å². The highest BCUT2D eigenvalue weighted by molar-refractivity contribution is 6.33. The lowest BCUT2D eigenvalue weighted by Gasteiger charge is -2.26. The van der Waals surface area contributed by atoms with Crippen LogP contribution in [0.15, 0.2) is 54.7 Å². The van der Waals surface area contributed by atoms with E-state index in [0.717, 1.165) is 68.3 Å². The Labute approximate surface area is 181 Å². The summed E-state index contributed by atoms with van der Waals surface area (Å²) in [4.78, 5) is 2.44. The van der Waals surface area contributed by atoms with Gasteiger partial charge in [-0.1, -0.05) is 29.8 Å². The molecule has 1 aromatic heterocycles. The van der Waals surface area contributed by atoms with Gasteiger partial charge in [0.05, 0.1) is 29.6 Å². The Hall–Kier alpha value is -2.25. The zero-order valence-electron chi connectivity index (χ0n) is 16.9. The molecule has 1 aliphatic heterocycles. The number of morpholine rings is 1. The molecule has 0 spiro atoms. The predicted octanol–water partition coefficient (Wildman–Crippen LogP) is 4.14. The molecular formula is C23H26ClFN4O. The van der Waals surface area contributed by atoms with E-state index in [0.29, 0.717) is 11.6 Å². The molecule has 2 heterocycles. The maximum absolute atomic E-state index is 13.3. The van der Waals surface area contributed by atoms with Crippen molar-refractivity contribution in [2.75, 3.05) is 39.4 Å². The first-order chi connectivity index (χ1) is 14.7. The molecule has 0 amide bonds. The number of aromatic nitrogens is 2. The van der Waals surface area contributed by atoms with E-state index in [-0.39, 0.29) is 5.82 Å². The third-order valence-corrected chi connectivity index (χ3v) is 5.59. The van der Waals surface area contributed by atoms with E-state index >= 15 is 0 Å². The van der Waals surface area contributed by atoms with Crippen LogP contribution in [0.5, 0.6) is 0 Å². The zero-order chi connectivity index (χ0) is 20.8. The van der Waals surface area contributed by atoms with E-state index in [2.05, 4.69) is 10.2 Å². The molecule has 0 aliphatic carbocycles. The van der Waals surface area contributed by atoms with Gasteiger partial charge in [-0.2, -0.15) is 5.10 Å². The van der Waals surface area contributed by atoms with E-state index in [1.165, 1.54) is 12.1 Å². The number of nitrogens with one attached hydrogen (secondary N) is 1. The van der Waals surface area contributed by atoms with Gasteiger partial charge in [0.15, 0.2) is 0 Å². The fourth-order valence-electron chi connectivity index (χ4n) is 3.62. The number of ether oxygens (including phenoxy) is 1. The maximum Gasteiger partial charge on any atom is 0.123 e. The highest BCUT2D eigenvalue weighted by Crippen LogP contribution is 2.30. The minimum Gasteiger partial charge on any atom is -0.379 e. The Morgan fingerprint density at radius 3 is 2.60 bits per heavy atom. The summed E-state index contributed by atoms with van der Waals surface area (Å²) in [6.07, 6.45) is 3.06. The molecule has 4 rings (SSSR count). The Morgan fingerprint density at radius 1 is 1.07 bits per heavy atom. The summed E-state index contributed by atoms with van der Waals surface area (Å²) in [5.74, 6) is -0.264. The summed E-state index contributed by atoms with van der Waals surface area (Å²) in [5, 5.41) is 8.95. The summed E-state index contributed by atoms with van der Waals surface area (Å²) in [6, 6.07) is 14.0. The van der Waals surface area contributed by atoms with Crippen molar-refractivity contribution in [1.29, 1.82) is 0 Å². The van der Waals surface area contributed by atoms with Gasteiger partial charge in [-0.25, -0.2) is 9.07 Å². The SMILES string of the molecule is Fc1ccc(-n2cc(CNCCCN3CCOCC3)c(-c3ccccc3Cl)n2)cc1. The third-order valence-electron chi connectivity index (χ3n) is 5.26. The Morgan fingerprint density at radius 2 is 1.83 bits per heavy atom. The third kappa shape index (κ3) is 5.26. The van der Waals surface area contributed by atoms with Crippen LogP contribution in [0.25, 0.3) is 16.9 Å². The fraction of sp³-hybridized carbons (Fsp3) is 0.348. The summed E-state index contributed by atoms with van der Waals surface area (Å²) in [5.41, 5.74) is 3.60. The van der Waals surface area contributed by atoms with Crippen LogP contribution in [-0.2, 0) is 11.3 Å². The second-order valence-corrected chi connectivity index (χ2v) is 7.80. The number of halogens is 2. The largest absolute Gasteiger partial charge is 0.379 e. The highest BCUT2D eigenvalue weighted by atomic mass is 35.5. The van der Waals surface area contributed by atoms with Crippen molar-refractivity contribution >= 4 is 11.6 Å². The number of hydrogen-bond acceptors (Lipinski definition) is 4. The molecule has 2 aromatic carbocycles. The van der Waals surface area contributed by atoms with Crippen LogP contribution in [0.4, 0.5) is 4.39 Å². The van der Waals surface area contributed by atoms with Crippen molar-refractivity contribution in [2.24, 2.45) is 0 Å². The van der Waals surface area contributed by atoms with Crippen LogP contribution in [0.3, 0.4) is 0 Å². The van der Waals surface area contributed by atoms with Gasteiger partial charge < -0.3 is 10.1 Å². The molecule has 1 N–H and O–H groups in total. The van der Waals surface area contributed by atoms with Gasteiger partial charge in [-0.3, -0.25) is 4.90 Å². The van der Waals surface area contributed by atoms with Gasteiger partial charge >= 0.3 is 0 Å². The average Bonchev–Trinajstić information content (AvgIpc) is 3.19. The fourth-order valence-corrected chi connectivity index (χ4v) is 3.85. The van der Waals surface area contributed by atoms with Crippen molar-refractivity contribution in [2.45, 2.75) is 13.0 Å². The second kappa shape index (κ2) is 10.2. The van der Waals surface area contributed by atoms with Gasteiger partial charge in [-0.15, -0.1) is 0 Å². The summed E-state index contributed by atoms with van der Waals surface area (Å²) >= 11 is 6.44. The van der Waals surface area contributed by atoms with E-state index in [4.69, 9.17) is 21.4 Å². The van der Waals surface area contributed by atoms with E-state index in [1.54, 1.807) is 16.8 Å². The molecule has 0 saturated carbocycles. The van der Waals surface area contributed by atoms with Crippen LogP contribution >= 0.6 is 11.6 Å². The van der Waals surface area contributed by atoms with Crippen molar-refractivity contribution in [3.63, 3.8) is 0 Å². The molecule has 30 heavy (non-hydrogen) atoms. The van der Waals surface area contributed by atoms with Crippen LogP contribution in [0.1, 0.15) is 12.0 Å². The first-order valence-electron chi connectivity index (χ1n) is 10.3. The summed E-state index contributed by atoms with van der Waals surface area (Å²) < 4.78 is 20.5. The number of hydrogen-bond donors (Lipinski definition) is 1. The standard InChI is InChI=1S/C23H26ClFN4O/c24-22-5-2-1-4-21(22)23-18(16-26-10-3-11-28-12-14-30-15-13-28)17-29(27-23)20-8-6-19(25)7-9-20/h1-2,4-9,17,26H,3,10-16H2. The molecule has 5 nitrogen and oxygen atoms in total. The molecule has 158 valence electrons. The van der Waals surface area contributed by atoms with Crippen molar-refractivity contribution in [1.82, 2.24) is 20.0 Å². The molecule has 3 aromatic rings. The van der Waals surface area contributed by atoms with Gasteiger partial charge in [0.2, 0.25) is 0 Å². The van der Waals surface area contributed by atoms with E-state index in [1.807, 2.05) is 30.5 Å². The molecule has 0 bridgehead atoms. The van der Waals surface area contributed by atoms with Crippen LogP contribution in [0, 0.1) is 5.82 Å². The molecule has 0 radical (unpaired) electrons. The molecule has 1 saturated heterocycles. The molecular weight excluding hydrogens is 403 g/mol. The Balaban J connectivity index is 1.46. The number of nitrogens with zero attached hydrogens (tertiary/aromatic N) is 3. The second-order valence-electron chi connectivity index (χ2n) is 7.39. The predicted molar refractivity (Wildman–Crippen MR) is 118 cm³/mol. The average molecular weight is 429 g/mol. The van der Waals surface area contributed by atoms with Gasteiger partial charge in [0, 0.05) is 37.0 Å². The zero-order valence-corrected chi connectivity index (χ0v) is 17.6. The number of rotatable bonds is 8. The topological polar surface area (TPSA) is 42.3 Å². The lowest BCUT2D eigenvalue weighted by Crippen LogP contribution is -2.37. The monoisotopic (exact) mass is 428 g/mol. The molecule has 1 aliphatic rings. The van der Waals surface area contributed by atoms with E-state index < -0.39 is 0 Å². The molecule has 7 heteroatoms. The minimum atomic E-state index is -0.264.